The SMILES string of the molecule is O=C1NCCCC1Nc1ccc([N+](=O)[O-])nc1. The molecule has 1 atom stereocenters. The molecule has 0 saturated carbocycles. The molecule has 90 valence electrons. The lowest BCUT2D eigenvalue weighted by atomic mass is 10.1. The Balaban J connectivity index is 2.03. The van der Waals surface area contributed by atoms with Crippen LogP contribution in [0.25, 0.3) is 0 Å². The van der Waals surface area contributed by atoms with Gasteiger partial charge in [-0.15, -0.1) is 0 Å². The molecule has 2 heterocycles. The third-order valence-corrected chi connectivity index (χ3v) is 2.56. The minimum absolute atomic E-state index is 0.0467. The summed E-state index contributed by atoms with van der Waals surface area (Å²) in [5, 5.41) is 16.2. The van der Waals surface area contributed by atoms with E-state index in [2.05, 4.69) is 15.6 Å². The average molecular weight is 236 g/mol. The van der Waals surface area contributed by atoms with Gasteiger partial charge in [0, 0.05) is 12.6 Å². The van der Waals surface area contributed by atoms with Crippen LogP contribution in [-0.2, 0) is 4.79 Å². The van der Waals surface area contributed by atoms with Crippen molar-refractivity contribution in [2.45, 2.75) is 18.9 Å². The molecule has 17 heavy (non-hydrogen) atoms. The van der Waals surface area contributed by atoms with Crippen LogP contribution in [0.15, 0.2) is 18.3 Å². The molecule has 1 aromatic rings. The number of amides is 1. The average Bonchev–Trinajstić information content (AvgIpc) is 2.33. The minimum atomic E-state index is -0.558. The van der Waals surface area contributed by atoms with Gasteiger partial charge >= 0.3 is 5.82 Å². The Morgan fingerprint density at radius 3 is 2.94 bits per heavy atom. The largest absolute Gasteiger partial charge is 0.371 e. The van der Waals surface area contributed by atoms with E-state index in [1.165, 1.54) is 12.3 Å². The number of anilines is 1. The maximum atomic E-state index is 11.5. The Morgan fingerprint density at radius 1 is 1.53 bits per heavy atom. The fourth-order valence-corrected chi connectivity index (χ4v) is 1.69. The molecule has 1 amide bonds. The topological polar surface area (TPSA) is 97.2 Å². The summed E-state index contributed by atoms with van der Waals surface area (Å²) in [6.07, 6.45) is 3.03. The summed E-state index contributed by atoms with van der Waals surface area (Å²) < 4.78 is 0. The van der Waals surface area contributed by atoms with Crippen LogP contribution in [0.2, 0.25) is 0 Å². The first-order chi connectivity index (χ1) is 8.16. The predicted octanol–water partition coefficient (Wildman–Crippen LogP) is 0.680. The molecule has 0 spiro atoms. The lowest BCUT2D eigenvalue weighted by molar-refractivity contribution is -0.389. The second-order valence-electron chi connectivity index (χ2n) is 3.79. The number of carbonyl (C=O) groups excluding carboxylic acids is 1. The van der Waals surface area contributed by atoms with E-state index in [9.17, 15) is 14.9 Å². The van der Waals surface area contributed by atoms with Gasteiger partial charge in [0.05, 0.1) is 5.69 Å². The van der Waals surface area contributed by atoms with Crippen molar-refractivity contribution in [2.24, 2.45) is 0 Å². The number of aromatic nitrogens is 1. The molecule has 0 aromatic carbocycles. The van der Waals surface area contributed by atoms with Gasteiger partial charge in [-0.2, -0.15) is 0 Å². The molecule has 7 heteroatoms. The van der Waals surface area contributed by atoms with Crippen molar-refractivity contribution in [2.75, 3.05) is 11.9 Å². The van der Waals surface area contributed by atoms with Gasteiger partial charge in [0.2, 0.25) is 5.91 Å². The second kappa shape index (κ2) is 4.77. The van der Waals surface area contributed by atoms with E-state index in [0.29, 0.717) is 12.2 Å². The zero-order valence-electron chi connectivity index (χ0n) is 9.05. The number of hydrogen-bond donors (Lipinski definition) is 2. The van der Waals surface area contributed by atoms with Gasteiger partial charge in [0.25, 0.3) is 0 Å². The zero-order valence-corrected chi connectivity index (χ0v) is 9.05. The Hall–Kier alpha value is -2.18. The highest BCUT2D eigenvalue weighted by Gasteiger charge is 2.22. The molecule has 1 unspecified atom stereocenters. The summed E-state index contributed by atoms with van der Waals surface area (Å²) >= 11 is 0. The van der Waals surface area contributed by atoms with E-state index in [1.807, 2.05) is 0 Å². The number of nitrogens with zero attached hydrogens (tertiary/aromatic N) is 2. The number of pyridine rings is 1. The van der Waals surface area contributed by atoms with Crippen LogP contribution in [-0.4, -0.2) is 28.4 Å². The zero-order chi connectivity index (χ0) is 12.3. The molecule has 1 saturated heterocycles. The third-order valence-electron chi connectivity index (χ3n) is 2.56. The Bertz CT molecular complexity index is 432. The van der Waals surface area contributed by atoms with Crippen LogP contribution >= 0.6 is 0 Å². The molecule has 1 fully saturated rings. The van der Waals surface area contributed by atoms with Gasteiger partial charge in [0.1, 0.15) is 6.04 Å². The molecule has 2 rings (SSSR count). The van der Waals surface area contributed by atoms with Crippen molar-refractivity contribution >= 4 is 17.4 Å². The summed E-state index contributed by atoms with van der Waals surface area (Å²) in [5.74, 6) is -0.252. The first-order valence-corrected chi connectivity index (χ1v) is 5.31. The molecule has 1 aromatic heterocycles. The van der Waals surface area contributed by atoms with Crippen molar-refractivity contribution in [3.8, 4) is 0 Å². The molecule has 0 aliphatic carbocycles. The summed E-state index contributed by atoms with van der Waals surface area (Å²) in [6, 6.07) is 2.57. The monoisotopic (exact) mass is 236 g/mol. The normalized spacial score (nSPS) is 19.5. The lowest BCUT2D eigenvalue weighted by Crippen LogP contribution is -2.44. The van der Waals surface area contributed by atoms with Crippen LogP contribution in [0, 0.1) is 10.1 Å². The van der Waals surface area contributed by atoms with Crippen LogP contribution < -0.4 is 10.6 Å². The first kappa shape index (κ1) is 11.3. The van der Waals surface area contributed by atoms with Gasteiger partial charge in [0.15, 0.2) is 6.20 Å². The molecule has 0 radical (unpaired) electrons. The number of carbonyl (C=O) groups is 1. The second-order valence-corrected chi connectivity index (χ2v) is 3.79. The van der Waals surface area contributed by atoms with Gasteiger partial charge in [-0.1, -0.05) is 0 Å². The molecule has 7 nitrogen and oxygen atoms in total. The maximum Gasteiger partial charge on any atom is 0.363 e. The Labute approximate surface area is 97.4 Å². The van der Waals surface area contributed by atoms with E-state index in [0.717, 1.165) is 12.8 Å². The van der Waals surface area contributed by atoms with Crippen LogP contribution in [0.4, 0.5) is 11.5 Å². The fraction of sp³-hybridized carbons (Fsp3) is 0.400. The lowest BCUT2D eigenvalue weighted by Gasteiger charge is -2.23. The van der Waals surface area contributed by atoms with Crippen LogP contribution in [0.1, 0.15) is 12.8 Å². The number of hydrogen-bond acceptors (Lipinski definition) is 5. The van der Waals surface area contributed by atoms with Crippen molar-refractivity contribution in [3.63, 3.8) is 0 Å². The highest BCUT2D eigenvalue weighted by molar-refractivity contribution is 5.85. The number of piperidine rings is 1. The Morgan fingerprint density at radius 2 is 2.35 bits per heavy atom. The highest BCUT2D eigenvalue weighted by Crippen LogP contribution is 2.15. The van der Waals surface area contributed by atoms with Crippen molar-refractivity contribution in [1.82, 2.24) is 10.3 Å². The summed E-state index contributed by atoms with van der Waals surface area (Å²) in [5.41, 5.74) is 0.609. The molecular weight excluding hydrogens is 224 g/mol. The van der Waals surface area contributed by atoms with E-state index in [4.69, 9.17) is 0 Å². The summed E-state index contributed by atoms with van der Waals surface area (Å²) in [7, 11) is 0. The van der Waals surface area contributed by atoms with Crippen molar-refractivity contribution in [1.29, 1.82) is 0 Å². The summed E-state index contributed by atoms with van der Waals surface area (Å²) in [6.45, 7) is 0.704. The van der Waals surface area contributed by atoms with E-state index < -0.39 is 4.92 Å². The third kappa shape index (κ3) is 2.68. The molecular formula is C10H12N4O3. The van der Waals surface area contributed by atoms with Crippen molar-refractivity contribution in [3.05, 3.63) is 28.4 Å². The maximum absolute atomic E-state index is 11.5. The molecule has 1 aliphatic heterocycles. The van der Waals surface area contributed by atoms with E-state index in [-0.39, 0.29) is 17.8 Å². The number of nitro groups is 1. The standard InChI is InChI=1S/C10H12N4O3/c15-10-8(2-1-5-11-10)13-7-3-4-9(12-6-7)14(16)17/h3-4,6,8,13H,1-2,5H2,(H,11,15). The number of nitrogens with one attached hydrogen (secondary N) is 2. The summed E-state index contributed by atoms with van der Waals surface area (Å²) in [4.78, 5) is 25.0. The molecule has 1 aliphatic rings. The van der Waals surface area contributed by atoms with Crippen LogP contribution in [0.5, 0.6) is 0 Å². The predicted molar refractivity (Wildman–Crippen MR) is 60.5 cm³/mol. The van der Waals surface area contributed by atoms with E-state index >= 15 is 0 Å². The highest BCUT2D eigenvalue weighted by atomic mass is 16.6. The van der Waals surface area contributed by atoms with Gasteiger partial charge in [-0.3, -0.25) is 4.79 Å². The Kier molecular flexibility index (Phi) is 3.17. The minimum Gasteiger partial charge on any atom is -0.371 e. The fourth-order valence-electron chi connectivity index (χ4n) is 1.69. The van der Waals surface area contributed by atoms with Gasteiger partial charge in [-0.05, 0) is 28.8 Å². The molecule has 2 N–H and O–H groups in total. The smallest absolute Gasteiger partial charge is 0.363 e. The van der Waals surface area contributed by atoms with Crippen molar-refractivity contribution < 1.29 is 9.72 Å². The quantitative estimate of drug-likeness (QED) is 0.594. The van der Waals surface area contributed by atoms with Crippen LogP contribution in [0.3, 0.4) is 0 Å². The van der Waals surface area contributed by atoms with Gasteiger partial charge in [-0.25, -0.2) is 0 Å². The number of rotatable bonds is 3. The first-order valence-electron chi connectivity index (χ1n) is 5.31. The van der Waals surface area contributed by atoms with Gasteiger partial charge < -0.3 is 20.7 Å². The molecule has 0 bridgehead atoms. The van der Waals surface area contributed by atoms with E-state index in [1.54, 1.807) is 6.07 Å².